The molecule has 0 saturated carbocycles. The molecule has 1 N–H and O–H groups in total. The first-order valence-electron chi connectivity index (χ1n) is 6.83. The number of hydrogen-bond donors (Lipinski definition) is 1. The molecular formula is C15H23FN2. The quantitative estimate of drug-likeness (QED) is 0.824. The van der Waals surface area contributed by atoms with Gasteiger partial charge in [0.05, 0.1) is 0 Å². The fraction of sp³-hybridized carbons (Fsp3) is 0.600. The molecule has 1 aromatic carbocycles. The lowest BCUT2D eigenvalue weighted by molar-refractivity contribution is 0.404. The van der Waals surface area contributed by atoms with Gasteiger partial charge in [0.2, 0.25) is 0 Å². The number of anilines is 1. The molecule has 0 radical (unpaired) electrons. The van der Waals surface area contributed by atoms with E-state index in [-0.39, 0.29) is 5.82 Å². The normalized spacial score (nSPS) is 25.7. The van der Waals surface area contributed by atoms with Crippen LogP contribution in [-0.4, -0.2) is 25.2 Å². The largest absolute Gasteiger partial charge is 0.371 e. The molecule has 2 atom stereocenters. The summed E-state index contributed by atoms with van der Waals surface area (Å²) in [5.41, 5.74) is 1.73. The predicted octanol–water partition coefficient (Wildman–Crippen LogP) is 3.10. The van der Waals surface area contributed by atoms with Gasteiger partial charge in [0, 0.05) is 30.9 Å². The van der Waals surface area contributed by atoms with Crippen LogP contribution in [0.3, 0.4) is 0 Å². The molecule has 0 aromatic heterocycles. The Kier molecular flexibility index (Phi) is 4.23. The van der Waals surface area contributed by atoms with Gasteiger partial charge in [-0.2, -0.15) is 0 Å². The number of aryl methyl sites for hydroxylation is 1. The monoisotopic (exact) mass is 250 g/mol. The molecule has 100 valence electrons. The molecule has 1 heterocycles. The highest BCUT2D eigenvalue weighted by Crippen LogP contribution is 2.20. The molecule has 18 heavy (non-hydrogen) atoms. The topological polar surface area (TPSA) is 15.3 Å². The SMILES string of the molecule is Cc1ccc(N2CCC(C)NC(C)CC2)cc1F. The van der Waals surface area contributed by atoms with Crippen molar-refractivity contribution < 1.29 is 4.39 Å². The van der Waals surface area contributed by atoms with Gasteiger partial charge in [0.1, 0.15) is 5.82 Å². The Hall–Kier alpha value is -1.09. The van der Waals surface area contributed by atoms with Crippen molar-refractivity contribution in [2.75, 3.05) is 18.0 Å². The second-order valence-electron chi connectivity index (χ2n) is 5.47. The molecule has 1 aliphatic rings. The summed E-state index contributed by atoms with van der Waals surface area (Å²) in [6.45, 7) is 8.22. The number of halogens is 1. The Bertz CT molecular complexity index is 393. The number of nitrogens with zero attached hydrogens (tertiary/aromatic N) is 1. The molecule has 1 fully saturated rings. The first kappa shape index (κ1) is 13.3. The third kappa shape index (κ3) is 3.22. The van der Waals surface area contributed by atoms with E-state index in [0.29, 0.717) is 17.6 Å². The van der Waals surface area contributed by atoms with Crippen molar-refractivity contribution >= 4 is 5.69 Å². The van der Waals surface area contributed by atoms with Gasteiger partial charge in [-0.3, -0.25) is 0 Å². The minimum absolute atomic E-state index is 0.103. The highest BCUT2D eigenvalue weighted by molar-refractivity contribution is 5.48. The standard InChI is InChI=1S/C15H23FN2/c1-11-4-5-14(10-15(11)16)18-8-6-12(2)17-13(3)7-9-18/h4-5,10,12-13,17H,6-9H2,1-3H3. The van der Waals surface area contributed by atoms with Crippen molar-refractivity contribution in [1.82, 2.24) is 5.32 Å². The van der Waals surface area contributed by atoms with E-state index in [0.717, 1.165) is 31.6 Å². The Morgan fingerprint density at radius 1 is 1.17 bits per heavy atom. The predicted molar refractivity (Wildman–Crippen MR) is 74.6 cm³/mol. The van der Waals surface area contributed by atoms with Crippen LogP contribution in [-0.2, 0) is 0 Å². The first-order chi connectivity index (χ1) is 8.56. The minimum atomic E-state index is -0.103. The van der Waals surface area contributed by atoms with Crippen LogP contribution in [0.5, 0.6) is 0 Å². The van der Waals surface area contributed by atoms with Gasteiger partial charge in [0.15, 0.2) is 0 Å². The van der Waals surface area contributed by atoms with Crippen molar-refractivity contribution in [3.63, 3.8) is 0 Å². The lowest BCUT2D eigenvalue weighted by Crippen LogP contribution is -2.43. The van der Waals surface area contributed by atoms with Gasteiger partial charge in [-0.15, -0.1) is 0 Å². The second-order valence-corrected chi connectivity index (χ2v) is 5.47. The van der Waals surface area contributed by atoms with Crippen LogP contribution in [0.2, 0.25) is 0 Å². The fourth-order valence-corrected chi connectivity index (χ4v) is 2.50. The third-order valence-corrected chi connectivity index (χ3v) is 3.75. The minimum Gasteiger partial charge on any atom is -0.371 e. The third-order valence-electron chi connectivity index (χ3n) is 3.75. The number of hydrogen-bond acceptors (Lipinski definition) is 2. The molecule has 2 unspecified atom stereocenters. The maximum absolute atomic E-state index is 13.6. The molecule has 0 amide bonds. The summed E-state index contributed by atoms with van der Waals surface area (Å²) in [6, 6.07) is 6.62. The smallest absolute Gasteiger partial charge is 0.128 e. The van der Waals surface area contributed by atoms with Crippen LogP contribution in [0, 0.1) is 12.7 Å². The van der Waals surface area contributed by atoms with Gasteiger partial charge >= 0.3 is 0 Å². The van der Waals surface area contributed by atoms with Crippen molar-refractivity contribution in [3.05, 3.63) is 29.6 Å². The van der Waals surface area contributed by atoms with Gasteiger partial charge in [-0.25, -0.2) is 4.39 Å². The average molecular weight is 250 g/mol. The van der Waals surface area contributed by atoms with Crippen molar-refractivity contribution in [2.24, 2.45) is 0 Å². The highest BCUT2D eigenvalue weighted by atomic mass is 19.1. The summed E-state index contributed by atoms with van der Waals surface area (Å²) < 4.78 is 13.6. The van der Waals surface area contributed by atoms with E-state index in [1.165, 1.54) is 0 Å². The first-order valence-corrected chi connectivity index (χ1v) is 6.83. The molecule has 0 aliphatic carbocycles. The van der Waals surface area contributed by atoms with Gasteiger partial charge in [-0.05, 0) is 51.3 Å². The van der Waals surface area contributed by atoms with E-state index in [1.807, 2.05) is 12.1 Å². The van der Waals surface area contributed by atoms with Crippen LogP contribution in [0.25, 0.3) is 0 Å². The molecule has 2 nitrogen and oxygen atoms in total. The van der Waals surface area contributed by atoms with Crippen molar-refractivity contribution in [1.29, 1.82) is 0 Å². The van der Waals surface area contributed by atoms with Crippen LogP contribution < -0.4 is 10.2 Å². The van der Waals surface area contributed by atoms with Crippen molar-refractivity contribution in [2.45, 2.75) is 45.7 Å². The molecule has 1 aliphatic heterocycles. The Labute approximate surface area is 109 Å². The van der Waals surface area contributed by atoms with E-state index in [1.54, 1.807) is 13.0 Å². The summed E-state index contributed by atoms with van der Waals surface area (Å²) >= 11 is 0. The zero-order chi connectivity index (χ0) is 13.1. The van der Waals surface area contributed by atoms with Crippen LogP contribution >= 0.6 is 0 Å². The van der Waals surface area contributed by atoms with E-state index in [2.05, 4.69) is 24.1 Å². The summed E-state index contributed by atoms with van der Waals surface area (Å²) in [5.74, 6) is -0.103. The highest BCUT2D eigenvalue weighted by Gasteiger charge is 2.16. The second kappa shape index (κ2) is 5.70. The van der Waals surface area contributed by atoms with E-state index >= 15 is 0 Å². The zero-order valence-electron chi connectivity index (χ0n) is 11.5. The summed E-state index contributed by atoms with van der Waals surface area (Å²) in [6.07, 6.45) is 2.19. The molecule has 0 spiro atoms. The van der Waals surface area contributed by atoms with Crippen molar-refractivity contribution in [3.8, 4) is 0 Å². The molecule has 1 saturated heterocycles. The number of benzene rings is 1. The Morgan fingerprint density at radius 3 is 2.33 bits per heavy atom. The summed E-state index contributed by atoms with van der Waals surface area (Å²) in [5, 5.41) is 3.57. The maximum atomic E-state index is 13.6. The van der Waals surface area contributed by atoms with Crippen LogP contribution in [0.15, 0.2) is 18.2 Å². The summed E-state index contributed by atoms with van der Waals surface area (Å²) in [4.78, 5) is 2.30. The lowest BCUT2D eigenvalue weighted by atomic mass is 10.1. The molecule has 3 heteroatoms. The maximum Gasteiger partial charge on any atom is 0.128 e. The van der Waals surface area contributed by atoms with Gasteiger partial charge in [0.25, 0.3) is 0 Å². The van der Waals surface area contributed by atoms with E-state index < -0.39 is 0 Å². The van der Waals surface area contributed by atoms with Crippen LogP contribution in [0.1, 0.15) is 32.3 Å². The molecule has 2 rings (SSSR count). The van der Waals surface area contributed by atoms with Crippen LogP contribution in [0.4, 0.5) is 10.1 Å². The Morgan fingerprint density at radius 2 is 1.78 bits per heavy atom. The lowest BCUT2D eigenvalue weighted by Gasteiger charge is -2.32. The molecule has 1 aromatic rings. The zero-order valence-corrected chi connectivity index (χ0v) is 11.5. The Balaban J connectivity index is 2.12. The molecule has 0 bridgehead atoms. The summed E-state index contributed by atoms with van der Waals surface area (Å²) in [7, 11) is 0. The molecular weight excluding hydrogens is 227 g/mol. The van der Waals surface area contributed by atoms with Gasteiger partial charge < -0.3 is 10.2 Å². The number of nitrogens with one attached hydrogen (secondary N) is 1. The van der Waals surface area contributed by atoms with E-state index in [9.17, 15) is 4.39 Å². The number of rotatable bonds is 1. The fourth-order valence-electron chi connectivity index (χ4n) is 2.50. The van der Waals surface area contributed by atoms with Gasteiger partial charge in [-0.1, -0.05) is 6.07 Å². The average Bonchev–Trinajstić information content (AvgIpc) is 2.31. The van der Waals surface area contributed by atoms with E-state index in [4.69, 9.17) is 0 Å².